The molecule has 1 saturated heterocycles. The number of likely N-dealkylation sites (tertiary alicyclic amines) is 1. The Morgan fingerprint density at radius 3 is 2.88 bits per heavy atom. The lowest BCUT2D eigenvalue weighted by Gasteiger charge is -2.12. The van der Waals surface area contributed by atoms with Crippen molar-refractivity contribution in [3.8, 4) is 0 Å². The molecule has 1 heterocycles. The van der Waals surface area contributed by atoms with Crippen molar-refractivity contribution in [3.05, 3.63) is 41.7 Å². The van der Waals surface area contributed by atoms with Crippen LogP contribution in [0.5, 0.6) is 0 Å². The fourth-order valence-electron chi connectivity index (χ4n) is 1.86. The highest BCUT2D eigenvalue weighted by Gasteiger charge is 2.21. The Labute approximate surface area is 99.7 Å². The molecule has 1 fully saturated rings. The SMILES string of the molecule is N[C@H]1CCN(C(=O)/C=C/c2ccccc2F)C1. The van der Waals surface area contributed by atoms with Crippen LogP contribution in [0.2, 0.25) is 0 Å². The lowest BCUT2D eigenvalue weighted by Crippen LogP contribution is -2.30. The van der Waals surface area contributed by atoms with E-state index in [-0.39, 0.29) is 17.8 Å². The molecule has 2 rings (SSSR count). The molecule has 1 aromatic rings. The maximum Gasteiger partial charge on any atom is 0.246 e. The van der Waals surface area contributed by atoms with E-state index < -0.39 is 0 Å². The minimum atomic E-state index is -0.324. The molecule has 1 aliphatic rings. The van der Waals surface area contributed by atoms with Crippen molar-refractivity contribution < 1.29 is 9.18 Å². The minimum absolute atomic E-state index is 0.0702. The molecule has 0 radical (unpaired) electrons. The number of nitrogens with two attached hydrogens (primary N) is 1. The van der Waals surface area contributed by atoms with Crippen LogP contribution >= 0.6 is 0 Å². The second kappa shape index (κ2) is 5.10. The van der Waals surface area contributed by atoms with E-state index in [1.807, 2.05) is 0 Å². The van der Waals surface area contributed by atoms with Gasteiger partial charge >= 0.3 is 0 Å². The third-order valence-corrected chi connectivity index (χ3v) is 2.85. The lowest BCUT2D eigenvalue weighted by molar-refractivity contribution is -0.124. The van der Waals surface area contributed by atoms with Crippen LogP contribution in [0, 0.1) is 5.82 Å². The predicted octanol–water partition coefficient (Wildman–Crippen LogP) is 1.40. The van der Waals surface area contributed by atoms with Gasteiger partial charge in [-0.1, -0.05) is 18.2 Å². The second-order valence-corrected chi connectivity index (χ2v) is 4.19. The largest absolute Gasteiger partial charge is 0.338 e. The summed E-state index contributed by atoms with van der Waals surface area (Å²) in [5, 5.41) is 0. The molecule has 90 valence electrons. The van der Waals surface area contributed by atoms with Crippen LogP contribution in [0.15, 0.2) is 30.3 Å². The molecule has 0 bridgehead atoms. The van der Waals surface area contributed by atoms with E-state index in [0.717, 1.165) is 6.42 Å². The average molecular weight is 234 g/mol. The maximum absolute atomic E-state index is 13.3. The van der Waals surface area contributed by atoms with Gasteiger partial charge in [0.1, 0.15) is 5.82 Å². The third kappa shape index (κ3) is 2.91. The number of rotatable bonds is 2. The molecule has 4 heteroatoms. The number of nitrogens with zero attached hydrogens (tertiary/aromatic N) is 1. The van der Waals surface area contributed by atoms with E-state index in [4.69, 9.17) is 5.73 Å². The molecule has 2 N–H and O–H groups in total. The summed E-state index contributed by atoms with van der Waals surface area (Å²) in [6.45, 7) is 1.27. The Morgan fingerprint density at radius 1 is 1.47 bits per heavy atom. The second-order valence-electron chi connectivity index (χ2n) is 4.19. The molecule has 0 aliphatic carbocycles. The first kappa shape index (κ1) is 11.8. The summed E-state index contributed by atoms with van der Waals surface area (Å²) in [4.78, 5) is 13.4. The van der Waals surface area contributed by atoms with Crippen LogP contribution in [0.4, 0.5) is 4.39 Å². The molecule has 1 atom stereocenters. The van der Waals surface area contributed by atoms with Crippen LogP contribution in [0.3, 0.4) is 0 Å². The summed E-state index contributed by atoms with van der Waals surface area (Å²) in [5.41, 5.74) is 6.14. The molecule has 1 amide bonds. The van der Waals surface area contributed by atoms with Crippen molar-refractivity contribution in [2.75, 3.05) is 13.1 Å². The number of carbonyl (C=O) groups excluding carboxylic acids is 1. The lowest BCUT2D eigenvalue weighted by atomic mass is 10.2. The Bertz CT molecular complexity index is 445. The summed E-state index contributed by atoms with van der Waals surface area (Å²) in [6.07, 6.45) is 3.73. The van der Waals surface area contributed by atoms with E-state index >= 15 is 0 Å². The van der Waals surface area contributed by atoms with Gasteiger partial charge in [-0.25, -0.2) is 4.39 Å². The number of hydrogen-bond acceptors (Lipinski definition) is 2. The Morgan fingerprint density at radius 2 is 2.24 bits per heavy atom. The number of benzene rings is 1. The number of carbonyl (C=O) groups is 1. The minimum Gasteiger partial charge on any atom is -0.338 e. The average Bonchev–Trinajstić information content (AvgIpc) is 2.74. The summed E-state index contributed by atoms with van der Waals surface area (Å²) < 4.78 is 13.3. The molecule has 1 aliphatic heterocycles. The maximum atomic E-state index is 13.3. The summed E-state index contributed by atoms with van der Waals surface area (Å²) >= 11 is 0. The van der Waals surface area contributed by atoms with Crippen LogP contribution in [0.25, 0.3) is 6.08 Å². The van der Waals surface area contributed by atoms with Gasteiger partial charge in [0.15, 0.2) is 0 Å². The van der Waals surface area contributed by atoms with Gasteiger partial charge in [0.05, 0.1) is 0 Å². The Hall–Kier alpha value is -1.68. The summed E-state index contributed by atoms with van der Waals surface area (Å²) in [5.74, 6) is -0.434. The highest BCUT2D eigenvalue weighted by atomic mass is 19.1. The normalized spacial score (nSPS) is 20.1. The zero-order valence-electron chi connectivity index (χ0n) is 9.47. The molecule has 3 nitrogen and oxygen atoms in total. The van der Waals surface area contributed by atoms with Crippen LogP contribution < -0.4 is 5.73 Å². The Balaban J connectivity index is 2.01. The molecule has 0 saturated carbocycles. The topological polar surface area (TPSA) is 46.3 Å². The van der Waals surface area contributed by atoms with Gasteiger partial charge in [0, 0.05) is 30.8 Å². The number of halogens is 1. The van der Waals surface area contributed by atoms with Crippen molar-refractivity contribution in [1.82, 2.24) is 4.90 Å². The van der Waals surface area contributed by atoms with Gasteiger partial charge < -0.3 is 10.6 Å². The quantitative estimate of drug-likeness (QED) is 0.786. The molecule has 0 spiro atoms. The van der Waals surface area contributed by atoms with Gasteiger partial charge in [0.2, 0.25) is 5.91 Å². The van der Waals surface area contributed by atoms with Crippen molar-refractivity contribution in [2.24, 2.45) is 5.73 Å². The first-order valence-electron chi connectivity index (χ1n) is 5.64. The van der Waals surface area contributed by atoms with Crippen molar-refractivity contribution in [2.45, 2.75) is 12.5 Å². The Kier molecular flexibility index (Phi) is 3.54. The van der Waals surface area contributed by atoms with E-state index in [9.17, 15) is 9.18 Å². The molecule has 1 aromatic carbocycles. The van der Waals surface area contributed by atoms with Gasteiger partial charge in [-0.15, -0.1) is 0 Å². The van der Waals surface area contributed by atoms with Gasteiger partial charge in [0.25, 0.3) is 0 Å². The van der Waals surface area contributed by atoms with E-state index in [1.54, 1.807) is 23.1 Å². The van der Waals surface area contributed by atoms with E-state index in [0.29, 0.717) is 18.7 Å². The summed E-state index contributed by atoms with van der Waals surface area (Å²) in [7, 11) is 0. The molecular formula is C13H15FN2O. The molecule has 0 aromatic heterocycles. The highest BCUT2D eigenvalue weighted by Crippen LogP contribution is 2.11. The van der Waals surface area contributed by atoms with Gasteiger partial charge in [-0.3, -0.25) is 4.79 Å². The first-order chi connectivity index (χ1) is 8.16. The van der Waals surface area contributed by atoms with Crippen LogP contribution in [-0.2, 0) is 4.79 Å². The van der Waals surface area contributed by atoms with E-state index in [2.05, 4.69) is 0 Å². The van der Waals surface area contributed by atoms with Crippen molar-refractivity contribution in [3.63, 3.8) is 0 Å². The van der Waals surface area contributed by atoms with Gasteiger partial charge in [-0.2, -0.15) is 0 Å². The number of hydrogen-bond donors (Lipinski definition) is 1. The fraction of sp³-hybridized carbons (Fsp3) is 0.308. The van der Waals surface area contributed by atoms with Crippen LogP contribution in [-0.4, -0.2) is 29.9 Å². The highest BCUT2D eigenvalue weighted by molar-refractivity contribution is 5.92. The first-order valence-corrected chi connectivity index (χ1v) is 5.64. The smallest absolute Gasteiger partial charge is 0.246 e. The van der Waals surface area contributed by atoms with E-state index in [1.165, 1.54) is 18.2 Å². The number of amides is 1. The molecule has 17 heavy (non-hydrogen) atoms. The molecular weight excluding hydrogens is 219 g/mol. The standard InChI is InChI=1S/C13H15FN2O/c14-12-4-2-1-3-10(12)5-6-13(17)16-8-7-11(15)9-16/h1-6,11H,7-9,15H2/b6-5+/t11-/m0/s1. The zero-order chi connectivity index (χ0) is 12.3. The zero-order valence-corrected chi connectivity index (χ0v) is 9.47. The van der Waals surface area contributed by atoms with Crippen molar-refractivity contribution >= 4 is 12.0 Å². The predicted molar refractivity (Wildman–Crippen MR) is 64.6 cm³/mol. The summed E-state index contributed by atoms with van der Waals surface area (Å²) in [6, 6.07) is 6.43. The van der Waals surface area contributed by atoms with Crippen molar-refractivity contribution in [1.29, 1.82) is 0 Å². The van der Waals surface area contributed by atoms with Gasteiger partial charge in [-0.05, 0) is 18.6 Å². The third-order valence-electron chi connectivity index (χ3n) is 2.85. The van der Waals surface area contributed by atoms with Crippen LogP contribution in [0.1, 0.15) is 12.0 Å². The fourth-order valence-corrected chi connectivity index (χ4v) is 1.86. The monoisotopic (exact) mass is 234 g/mol. The molecule has 0 unspecified atom stereocenters.